The van der Waals surface area contributed by atoms with Crippen LogP contribution in [0.1, 0.15) is 18.1 Å². The second kappa shape index (κ2) is 6.84. The van der Waals surface area contributed by atoms with Crippen LogP contribution in [-0.4, -0.2) is 30.1 Å². The van der Waals surface area contributed by atoms with Crippen molar-refractivity contribution in [2.24, 2.45) is 5.41 Å². The van der Waals surface area contributed by atoms with Gasteiger partial charge in [-0.15, -0.1) is 0 Å². The Bertz CT molecular complexity index is 887. The van der Waals surface area contributed by atoms with Crippen LogP contribution in [0.25, 0.3) is 0 Å². The van der Waals surface area contributed by atoms with Gasteiger partial charge in [0.15, 0.2) is 0 Å². The van der Waals surface area contributed by atoms with E-state index in [9.17, 15) is 5.11 Å². The Morgan fingerprint density at radius 3 is 1.81 bits per heavy atom. The van der Waals surface area contributed by atoms with Crippen LogP contribution in [0.15, 0.2) is 84.9 Å². The first-order valence-electron chi connectivity index (χ1n) is 9.31. The maximum absolute atomic E-state index is 12.0. The van der Waals surface area contributed by atoms with Crippen molar-refractivity contribution in [2.75, 3.05) is 20.1 Å². The van der Waals surface area contributed by atoms with E-state index in [1.54, 1.807) is 0 Å². The van der Waals surface area contributed by atoms with E-state index in [0.29, 0.717) is 0 Å². The first-order valence-corrected chi connectivity index (χ1v) is 9.31. The highest BCUT2D eigenvalue weighted by Gasteiger charge is 2.55. The molecule has 1 atom stereocenters. The number of para-hydroxylation sites is 1. The molecule has 1 N–H and O–H groups in total. The molecule has 3 heteroatoms. The molecule has 1 aliphatic heterocycles. The van der Waals surface area contributed by atoms with Crippen molar-refractivity contribution in [3.63, 3.8) is 0 Å². The van der Waals surface area contributed by atoms with E-state index in [1.807, 2.05) is 84.9 Å². The Morgan fingerprint density at radius 1 is 0.778 bits per heavy atom. The minimum absolute atomic E-state index is 0.245. The van der Waals surface area contributed by atoms with Gasteiger partial charge in [-0.05, 0) is 42.4 Å². The Hall–Kier alpha value is -2.62. The van der Waals surface area contributed by atoms with Gasteiger partial charge in [-0.3, -0.25) is 0 Å². The number of hydrogen-bond acceptors (Lipinski definition) is 3. The summed E-state index contributed by atoms with van der Waals surface area (Å²) in [5, 5.41) is 12.0. The molecule has 1 aliphatic rings. The third-order valence-corrected chi connectivity index (χ3v) is 5.55. The van der Waals surface area contributed by atoms with E-state index in [2.05, 4.69) is 18.9 Å². The van der Waals surface area contributed by atoms with Crippen LogP contribution in [0.4, 0.5) is 0 Å². The van der Waals surface area contributed by atoms with Gasteiger partial charge in [-0.2, -0.15) is 0 Å². The maximum atomic E-state index is 12.0. The van der Waals surface area contributed by atoms with Crippen molar-refractivity contribution in [1.29, 1.82) is 0 Å². The highest BCUT2D eigenvalue weighted by atomic mass is 16.5. The van der Waals surface area contributed by atoms with Crippen molar-refractivity contribution in [2.45, 2.75) is 12.5 Å². The summed E-state index contributed by atoms with van der Waals surface area (Å²) in [7, 11) is 2.09. The van der Waals surface area contributed by atoms with Crippen molar-refractivity contribution in [1.82, 2.24) is 4.90 Å². The van der Waals surface area contributed by atoms with Crippen molar-refractivity contribution >= 4 is 0 Å². The average Bonchev–Trinajstić information content (AvgIpc) is 2.68. The first kappa shape index (κ1) is 17.8. The highest BCUT2D eigenvalue weighted by Crippen LogP contribution is 2.50. The number of rotatable bonds is 5. The molecular formula is C24H25NO2. The van der Waals surface area contributed by atoms with Gasteiger partial charge in [0.25, 0.3) is 0 Å². The fraction of sp³-hybridized carbons (Fsp3) is 0.250. The lowest BCUT2D eigenvalue weighted by molar-refractivity contribution is -0.127. The van der Waals surface area contributed by atoms with Crippen LogP contribution < -0.4 is 4.74 Å². The molecule has 1 heterocycles. The fourth-order valence-electron chi connectivity index (χ4n) is 4.31. The van der Waals surface area contributed by atoms with Gasteiger partial charge in [-0.25, -0.2) is 0 Å². The number of benzene rings is 3. The average molecular weight is 359 g/mol. The Kier molecular flexibility index (Phi) is 4.50. The first-order chi connectivity index (χ1) is 13.0. The molecule has 3 aromatic rings. The minimum Gasteiger partial charge on any atom is -0.457 e. The molecule has 0 aromatic heterocycles. The van der Waals surface area contributed by atoms with E-state index in [1.165, 1.54) is 0 Å². The third-order valence-electron chi connectivity index (χ3n) is 5.55. The van der Waals surface area contributed by atoms with Crippen molar-refractivity contribution in [3.8, 4) is 11.5 Å². The topological polar surface area (TPSA) is 32.7 Å². The van der Waals surface area contributed by atoms with E-state index in [4.69, 9.17) is 4.74 Å². The molecule has 0 radical (unpaired) electrons. The number of nitrogens with zero attached hydrogens (tertiary/aromatic N) is 1. The quantitative estimate of drug-likeness (QED) is 0.719. The Morgan fingerprint density at radius 2 is 1.26 bits per heavy atom. The fourth-order valence-corrected chi connectivity index (χ4v) is 4.31. The molecular weight excluding hydrogens is 334 g/mol. The third kappa shape index (κ3) is 3.14. The van der Waals surface area contributed by atoms with Crippen molar-refractivity contribution in [3.05, 3.63) is 96.1 Å². The molecule has 138 valence electrons. The normalized spacial score (nSPS) is 18.3. The van der Waals surface area contributed by atoms with Crippen LogP contribution in [0.2, 0.25) is 0 Å². The lowest BCUT2D eigenvalue weighted by Gasteiger charge is -2.56. The van der Waals surface area contributed by atoms with E-state index < -0.39 is 5.60 Å². The van der Waals surface area contributed by atoms with Gasteiger partial charge in [0.05, 0.1) is 0 Å². The smallest absolute Gasteiger partial charge is 0.127 e. The molecule has 0 aliphatic carbocycles. The lowest BCUT2D eigenvalue weighted by atomic mass is 9.62. The summed E-state index contributed by atoms with van der Waals surface area (Å²) in [6, 6.07) is 27.5. The maximum Gasteiger partial charge on any atom is 0.127 e. The van der Waals surface area contributed by atoms with Gasteiger partial charge in [0.2, 0.25) is 0 Å². The van der Waals surface area contributed by atoms with Gasteiger partial charge in [-0.1, -0.05) is 67.6 Å². The molecule has 4 rings (SSSR count). The summed E-state index contributed by atoms with van der Waals surface area (Å²) in [6.45, 7) is 3.86. The van der Waals surface area contributed by atoms with E-state index in [-0.39, 0.29) is 5.41 Å². The van der Waals surface area contributed by atoms with Crippen LogP contribution in [0.5, 0.6) is 11.5 Å². The summed E-state index contributed by atoms with van der Waals surface area (Å²) >= 11 is 0. The molecule has 0 bridgehead atoms. The largest absolute Gasteiger partial charge is 0.457 e. The molecule has 0 amide bonds. The molecule has 3 aromatic carbocycles. The van der Waals surface area contributed by atoms with Gasteiger partial charge in [0.1, 0.15) is 17.1 Å². The van der Waals surface area contributed by atoms with Crippen LogP contribution >= 0.6 is 0 Å². The lowest BCUT2D eigenvalue weighted by Crippen LogP contribution is -2.63. The van der Waals surface area contributed by atoms with E-state index >= 15 is 0 Å². The van der Waals surface area contributed by atoms with Crippen LogP contribution in [-0.2, 0) is 5.60 Å². The van der Waals surface area contributed by atoms with Gasteiger partial charge < -0.3 is 14.7 Å². The minimum atomic E-state index is -1.05. The molecule has 1 fully saturated rings. The van der Waals surface area contributed by atoms with Crippen LogP contribution in [0, 0.1) is 5.41 Å². The van der Waals surface area contributed by atoms with Gasteiger partial charge in [0, 0.05) is 18.5 Å². The standard InChI is InChI=1S/C24H25NO2/c1-23(17-25(2)18-23)24(26,19-9-5-3-6-10-19)20-13-15-22(16-14-20)27-21-11-7-4-8-12-21/h3-16,26H,17-18H2,1-2H3. The summed E-state index contributed by atoms with van der Waals surface area (Å²) in [5.41, 5.74) is 0.527. The number of hydrogen-bond donors (Lipinski definition) is 1. The monoisotopic (exact) mass is 359 g/mol. The zero-order valence-corrected chi connectivity index (χ0v) is 15.8. The zero-order chi connectivity index (χ0) is 18.9. The van der Waals surface area contributed by atoms with E-state index in [0.717, 1.165) is 35.7 Å². The Balaban J connectivity index is 1.69. The summed E-state index contributed by atoms with van der Waals surface area (Å²) in [5.74, 6) is 1.56. The predicted octanol–water partition coefficient (Wildman–Crippen LogP) is 4.67. The molecule has 1 saturated heterocycles. The second-order valence-electron chi connectivity index (χ2n) is 7.75. The SMILES string of the molecule is CN1CC(C)(C(O)(c2ccccc2)c2ccc(Oc3ccccc3)cc2)C1. The molecule has 27 heavy (non-hydrogen) atoms. The molecule has 1 unspecified atom stereocenters. The second-order valence-corrected chi connectivity index (χ2v) is 7.75. The summed E-state index contributed by atoms with van der Waals surface area (Å²) < 4.78 is 5.90. The zero-order valence-electron chi connectivity index (χ0n) is 15.8. The molecule has 3 nitrogen and oxygen atoms in total. The number of likely N-dealkylation sites (tertiary alicyclic amines) is 1. The summed E-state index contributed by atoms with van der Waals surface area (Å²) in [4.78, 5) is 2.24. The predicted molar refractivity (Wildman–Crippen MR) is 108 cm³/mol. The van der Waals surface area contributed by atoms with Crippen LogP contribution in [0.3, 0.4) is 0 Å². The molecule has 0 spiro atoms. The highest BCUT2D eigenvalue weighted by molar-refractivity contribution is 5.43. The summed E-state index contributed by atoms with van der Waals surface area (Å²) in [6.07, 6.45) is 0. The number of aliphatic hydroxyl groups is 1. The number of ether oxygens (including phenoxy) is 1. The Labute approximate surface area is 160 Å². The van der Waals surface area contributed by atoms with Crippen molar-refractivity contribution < 1.29 is 9.84 Å². The molecule has 0 saturated carbocycles. The van der Waals surface area contributed by atoms with Gasteiger partial charge >= 0.3 is 0 Å².